The van der Waals surface area contributed by atoms with Gasteiger partial charge in [0.2, 0.25) is 0 Å². The summed E-state index contributed by atoms with van der Waals surface area (Å²) < 4.78 is 16.3. The van der Waals surface area contributed by atoms with Crippen molar-refractivity contribution in [3.8, 4) is 11.5 Å². The number of furan rings is 1. The fraction of sp³-hybridized carbons (Fsp3) is 0.273. The van der Waals surface area contributed by atoms with Crippen LogP contribution in [0.3, 0.4) is 0 Å². The second-order valence-corrected chi connectivity index (χ2v) is 6.24. The maximum atomic E-state index is 5.68. The van der Waals surface area contributed by atoms with Gasteiger partial charge >= 0.3 is 0 Å². The molecule has 0 radical (unpaired) electrons. The topological polar surface area (TPSA) is 48.2 Å². The lowest BCUT2D eigenvalue weighted by atomic mass is 9.93. The number of hydrogen-bond donors (Lipinski definition) is 1. The smallest absolute Gasteiger partial charge is 0.161 e. The lowest BCUT2D eigenvalue weighted by molar-refractivity contribution is -0.671. The monoisotopic (exact) mass is 352 g/mol. The van der Waals surface area contributed by atoms with E-state index in [9.17, 15) is 0 Å². The van der Waals surface area contributed by atoms with Gasteiger partial charge in [-0.3, -0.25) is 0 Å². The maximum Gasteiger partial charge on any atom is 0.161 e. The molecule has 0 unspecified atom stereocenters. The Hall–Kier alpha value is -2.72. The van der Waals surface area contributed by atoms with E-state index in [1.54, 1.807) is 20.5 Å². The van der Waals surface area contributed by atoms with Crippen LogP contribution >= 0.6 is 0 Å². The third kappa shape index (κ3) is 4.46. The molecule has 0 spiro atoms. The first kappa shape index (κ1) is 18.1. The predicted molar refractivity (Wildman–Crippen MR) is 102 cm³/mol. The summed E-state index contributed by atoms with van der Waals surface area (Å²) in [6.07, 6.45) is 2.77. The minimum atomic E-state index is 0.285. The molecule has 0 fully saturated rings. The lowest BCUT2D eigenvalue weighted by Gasteiger charge is -2.14. The third-order valence-electron chi connectivity index (χ3n) is 4.58. The Morgan fingerprint density at radius 3 is 2.42 bits per heavy atom. The fourth-order valence-corrected chi connectivity index (χ4v) is 3.21. The molecule has 1 heterocycles. The summed E-state index contributed by atoms with van der Waals surface area (Å²) in [5.41, 5.74) is 2.51. The summed E-state index contributed by atoms with van der Waals surface area (Å²) in [5, 5.41) is 2.32. The number of rotatable bonds is 9. The molecule has 4 nitrogen and oxygen atoms in total. The quantitative estimate of drug-likeness (QED) is 0.599. The summed E-state index contributed by atoms with van der Waals surface area (Å²) in [6.45, 7) is 1.91. The van der Waals surface area contributed by atoms with Crippen molar-refractivity contribution in [1.29, 1.82) is 0 Å². The van der Waals surface area contributed by atoms with Crippen molar-refractivity contribution in [2.24, 2.45) is 0 Å². The average molecular weight is 352 g/mol. The van der Waals surface area contributed by atoms with Gasteiger partial charge in [-0.2, -0.15) is 0 Å². The highest BCUT2D eigenvalue weighted by Gasteiger charge is 2.17. The van der Waals surface area contributed by atoms with Gasteiger partial charge in [0.15, 0.2) is 11.5 Å². The molecule has 1 atom stereocenters. The van der Waals surface area contributed by atoms with Crippen molar-refractivity contribution in [2.75, 3.05) is 20.8 Å². The van der Waals surface area contributed by atoms with Crippen LogP contribution in [0, 0.1) is 0 Å². The van der Waals surface area contributed by atoms with E-state index in [4.69, 9.17) is 13.9 Å². The average Bonchev–Trinajstić information content (AvgIpc) is 3.23. The van der Waals surface area contributed by atoms with Gasteiger partial charge in [-0.05, 0) is 35.9 Å². The normalized spacial score (nSPS) is 11.9. The predicted octanol–water partition coefficient (Wildman–Crippen LogP) is 3.58. The maximum absolute atomic E-state index is 5.68. The zero-order valence-electron chi connectivity index (χ0n) is 15.4. The summed E-state index contributed by atoms with van der Waals surface area (Å²) in [4.78, 5) is 0. The van der Waals surface area contributed by atoms with Crippen LogP contribution in [0.5, 0.6) is 11.5 Å². The Kier molecular flexibility index (Phi) is 6.34. The van der Waals surface area contributed by atoms with Gasteiger partial charge in [0.05, 0.1) is 27.0 Å². The minimum absolute atomic E-state index is 0.285. The molecule has 3 rings (SSSR count). The van der Waals surface area contributed by atoms with E-state index in [0.29, 0.717) is 0 Å². The van der Waals surface area contributed by atoms with Crippen molar-refractivity contribution in [2.45, 2.75) is 18.9 Å². The molecule has 0 aliphatic rings. The molecule has 0 aliphatic carbocycles. The van der Waals surface area contributed by atoms with Crippen LogP contribution in [0.15, 0.2) is 71.3 Å². The summed E-state index contributed by atoms with van der Waals surface area (Å²) in [7, 11) is 3.32. The molecule has 2 aromatic carbocycles. The fourth-order valence-electron chi connectivity index (χ4n) is 3.21. The first-order chi connectivity index (χ1) is 12.8. The Labute approximate surface area is 154 Å². The van der Waals surface area contributed by atoms with E-state index in [0.717, 1.165) is 36.8 Å². The van der Waals surface area contributed by atoms with Crippen LogP contribution < -0.4 is 14.8 Å². The number of hydrogen-bond acceptors (Lipinski definition) is 3. The molecule has 0 saturated carbocycles. The Morgan fingerprint density at radius 1 is 0.923 bits per heavy atom. The highest BCUT2D eigenvalue weighted by molar-refractivity contribution is 5.42. The summed E-state index contributed by atoms with van der Waals surface area (Å²) in [5.74, 6) is 2.85. The van der Waals surface area contributed by atoms with Gasteiger partial charge in [-0.1, -0.05) is 30.3 Å². The van der Waals surface area contributed by atoms with Crippen molar-refractivity contribution in [3.63, 3.8) is 0 Å². The summed E-state index contributed by atoms with van der Waals surface area (Å²) >= 11 is 0. The molecular weight excluding hydrogens is 326 g/mol. The van der Waals surface area contributed by atoms with Gasteiger partial charge in [0.25, 0.3) is 0 Å². The van der Waals surface area contributed by atoms with Crippen molar-refractivity contribution in [3.05, 3.63) is 83.8 Å². The van der Waals surface area contributed by atoms with Crippen molar-refractivity contribution in [1.82, 2.24) is 0 Å². The van der Waals surface area contributed by atoms with E-state index >= 15 is 0 Å². The molecule has 0 amide bonds. The first-order valence-electron chi connectivity index (χ1n) is 8.92. The van der Waals surface area contributed by atoms with E-state index in [-0.39, 0.29) is 5.92 Å². The highest BCUT2D eigenvalue weighted by Crippen LogP contribution is 2.28. The Bertz CT molecular complexity index is 784. The molecule has 26 heavy (non-hydrogen) atoms. The first-order valence-corrected chi connectivity index (χ1v) is 8.92. The number of ether oxygens (including phenoxy) is 2. The SMILES string of the molecule is COc1ccc(C[NH2+]CC[C@H](c2ccccc2)c2ccco2)cc1OC. The highest BCUT2D eigenvalue weighted by atomic mass is 16.5. The van der Waals surface area contributed by atoms with Gasteiger partial charge in [-0.25, -0.2) is 0 Å². The number of nitrogens with two attached hydrogens (primary N) is 1. The molecule has 3 aromatic rings. The van der Waals surface area contributed by atoms with E-state index < -0.39 is 0 Å². The standard InChI is InChI=1S/C22H25NO3/c1-24-21-11-10-17(15-22(21)25-2)16-23-13-12-19(20-9-6-14-26-20)18-7-4-3-5-8-18/h3-11,14-15,19,23H,12-13,16H2,1-2H3/p+1/t19-/m1/s1. The number of quaternary nitrogens is 1. The van der Waals surface area contributed by atoms with Crippen LogP contribution in [0.25, 0.3) is 0 Å². The van der Waals surface area contributed by atoms with Crippen molar-refractivity contribution >= 4 is 0 Å². The Morgan fingerprint density at radius 2 is 1.73 bits per heavy atom. The minimum Gasteiger partial charge on any atom is -0.493 e. The zero-order chi connectivity index (χ0) is 18.2. The van der Waals surface area contributed by atoms with E-state index in [1.807, 2.05) is 24.3 Å². The molecule has 1 aromatic heterocycles. The van der Waals surface area contributed by atoms with Crippen LogP contribution in [-0.4, -0.2) is 20.8 Å². The Balaban J connectivity index is 1.59. The van der Waals surface area contributed by atoms with Crippen LogP contribution in [0.2, 0.25) is 0 Å². The molecule has 0 bridgehead atoms. The summed E-state index contributed by atoms with van der Waals surface area (Å²) in [6, 6.07) is 20.6. The van der Waals surface area contributed by atoms with Gasteiger partial charge < -0.3 is 19.2 Å². The van der Waals surface area contributed by atoms with Gasteiger partial charge in [0.1, 0.15) is 12.3 Å². The largest absolute Gasteiger partial charge is 0.493 e. The molecule has 0 aliphatic heterocycles. The second kappa shape index (κ2) is 9.11. The molecular formula is C22H26NO3+. The second-order valence-electron chi connectivity index (χ2n) is 6.24. The van der Waals surface area contributed by atoms with Crippen molar-refractivity contribution < 1.29 is 19.2 Å². The molecule has 4 heteroatoms. The van der Waals surface area contributed by atoms with Crippen LogP contribution in [0.4, 0.5) is 0 Å². The van der Waals surface area contributed by atoms with Crippen LogP contribution in [0.1, 0.15) is 29.2 Å². The number of benzene rings is 2. The van der Waals surface area contributed by atoms with Gasteiger partial charge in [0, 0.05) is 17.9 Å². The molecule has 0 saturated heterocycles. The number of methoxy groups -OCH3 is 2. The van der Waals surface area contributed by atoms with Gasteiger partial charge in [-0.15, -0.1) is 0 Å². The lowest BCUT2D eigenvalue weighted by Crippen LogP contribution is -2.82. The third-order valence-corrected chi connectivity index (χ3v) is 4.58. The zero-order valence-corrected chi connectivity index (χ0v) is 15.4. The van der Waals surface area contributed by atoms with E-state index in [1.165, 1.54) is 11.1 Å². The molecule has 2 N–H and O–H groups in total. The molecule has 136 valence electrons. The van der Waals surface area contributed by atoms with Crippen LogP contribution in [-0.2, 0) is 6.54 Å². The van der Waals surface area contributed by atoms with E-state index in [2.05, 4.69) is 41.7 Å².